The molecule has 2 aromatic heterocycles. The van der Waals surface area contributed by atoms with Gasteiger partial charge in [-0.1, -0.05) is 5.16 Å². The van der Waals surface area contributed by atoms with E-state index in [2.05, 4.69) is 10.1 Å². The lowest BCUT2D eigenvalue weighted by molar-refractivity contribution is 0.0588. The van der Waals surface area contributed by atoms with Gasteiger partial charge < -0.3 is 9.42 Å². The van der Waals surface area contributed by atoms with Crippen LogP contribution in [-0.4, -0.2) is 47.0 Å². The number of rotatable bonds is 3. The highest BCUT2D eigenvalue weighted by Crippen LogP contribution is 2.41. The summed E-state index contributed by atoms with van der Waals surface area (Å²) >= 11 is 1.59. The van der Waals surface area contributed by atoms with Gasteiger partial charge in [-0.2, -0.15) is 11.3 Å². The van der Waals surface area contributed by atoms with Gasteiger partial charge in [-0.15, -0.1) is 0 Å². The van der Waals surface area contributed by atoms with E-state index in [1.807, 2.05) is 35.6 Å². The van der Waals surface area contributed by atoms with Crippen LogP contribution in [0.15, 0.2) is 21.3 Å². The van der Waals surface area contributed by atoms with Gasteiger partial charge in [0.25, 0.3) is 5.91 Å². The highest BCUT2D eigenvalue weighted by molar-refractivity contribution is 7.08. The summed E-state index contributed by atoms with van der Waals surface area (Å²) in [5.74, 6) is 1.14. The normalized spacial score (nSPS) is 20.5. The molecule has 0 atom stereocenters. The van der Waals surface area contributed by atoms with Crippen molar-refractivity contribution in [2.45, 2.75) is 39.7 Å². The van der Waals surface area contributed by atoms with E-state index < -0.39 is 0 Å². The average Bonchev–Trinajstić information content (AvgIpc) is 3.34. The van der Waals surface area contributed by atoms with Gasteiger partial charge in [0.1, 0.15) is 5.76 Å². The first-order valence-corrected chi connectivity index (χ1v) is 9.96. The van der Waals surface area contributed by atoms with Gasteiger partial charge in [-0.25, -0.2) is 0 Å². The molecule has 0 radical (unpaired) electrons. The molecule has 2 saturated heterocycles. The number of carbonyl (C=O) groups excluding carboxylic acids is 1. The summed E-state index contributed by atoms with van der Waals surface area (Å²) in [4.78, 5) is 17.1. The second-order valence-electron chi connectivity index (χ2n) is 7.57. The Kier molecular flexibility index (Phi) is 4.41. The van der Waals surface area contributed by atoms with Crippen molar-refractivity contribution in [1.82, 2.24) is 15.0 Å². The third-order valence-electron chi connectivity index (χ3n) is 5.96. The summed E-state index contributed by atoms with van der Waals surface area (Å²) in [6, 6.07) is 1.93. The molecule has 1 amide bonds. The zero-order chi connectivity index (χ0) is 17.4. The molecule has 6 heteroatoms. The van der Waals surface area contributed by atoms with Crippen LogP contribution < -0.4 is 0 Å². The summed E-state index contributed by atoms with van der Waals surface area (Å²) in [7, 11) is 0. The van der Waals surface area contributed by atoms with E-state index in [9.17, 15) is 4.79 Å². The molecule has 2 aromatic rings. The Morgan fingerprint density at radius 3 is 2.68 bits per heavy atom. The first kappa shape index (κ1) is 16.8. The molecule has 1 spiro atoms. The van der Waals surface area contributed by atoms with Crippen molar-refractivity contribution in [2.75, 3.05) is 26.2 Å². The van der Waals surface area contributed by atoms with Crippen molar-refractivity contribution in [3.63, 3.8) is 0 Å². The maximum Gasteiger partial charge on any atom is 0.254 e. The van der Waals surface area contributed by atoms with Crippen molar-refractivity contribution in [1.29, 1.82) is 0 Å². The smallest absolute Gasteiger partial charge is 0.254 e. The van der Waals surface area contributed by atoms with Crippen LogP contribution in [0.3, 0.4) is 0 Å². The van der Waals surface area contributed by atoms with Crippen molar-refractivity contribution in [3.8, 4) is 0 Å². The van der Waals surface area contributed by atoms with Crippen molar-refractivity contribution in [2.24, 2.45) is 5.41 Å². The highest BCUT2D eigenvalue weighted by Gasteiger charge is 2.41. The number of nitrogens with zero attached hydrogens (tertiary/aromatic N) is 3. The molecule has 0 saturated carbocycles. The van der Waals surface area contributed by atoms with E-state index in [0.29, 0.717) is 5.41 Å². The third kappa shape index (κ3) is 3.25. The van der Waals surface area contributed by atoms with E-state index in [4.69, 9.17) is 4.52 Å². The number of thiophene rings is 1. The molecule has 2 fully saturated rings. The quantitative estimate of drug-likeness (QED) is 0.842. The molecule has 134 valence electrons. The number of hydrogen-bond acceptors (Lipinski definition) is 5. The Bertz CT molecular complexity index is 725. The molecular weight excluding hydrogens is 334 g/mol. The Hall–Kier alpha value is -1.66. The number of amides is 1. The van der Waals surface area contributed by atoms with Gasteiger partial charge in [-0.3, -0.25) is 9.69 Å². The summed E-state index contributed by atoms with van der Waals surface area (Å²) in [5, 5.41) is 8.00. The minimum absolute atomic E-state index is 0.196. The minimum Gasteiger partial charge on any atom is -0.361 e. The maximum absolute atomic E-state index is 12.5. The van der Waals surface area contributed by atoms with Gasteiger partial charge in [0.15, 0.2) is 0 Å². The first-order valence-electron chi connectivity index (χ1n) is 9.02. The summed E-state index contributed by atoms with van der Waals surface area (Å²) in [6.45, 7) is 8.96. The van der Waals surface area contributed by atoms with Gasteiger partial charge >= 0.3 is 0 Å². The first-order chi connectivity index (χ1) is 12.1. The lowest BCUT2D eigenvalue weighted by atomic mass is 9.77. The summed E-state index contributed by atoms with van der Waals surface area (Å²) < 4.78 is 5.30. The fourth-order valence-electron chi connectivity index (χ4n) is 4.27. The lowest BCUT2D eigenvalue weighted by Gasteiger charge is -2.39. The fourth-order valence-corrected chi connectivity index (χ4v) is 4.90. The van der Waals surface area contributed by atoms with Crippen molar-refractivity contribution in [3.05, 3.63) is 39.4 Å². The minimum atomic E-state index is 0.196. The summed E-state index contributed by atoms with van der Waals surface area (Å²) in [6.07, 6.45) is 3.46. The molecule has 0 aliphatic carbocycles. The largest absolute Gasteiger partial charge is 0.361 e. The van der Waals surface area contributed by atoms with Gasteiger partial charge in [0, 0.05) is 37.1 Å². The molecule has 2 aliphatic heterocycles. The van der Waals surface area contributed by atoms with Crippen LogP contribution in [0.25, 0.3) is 0 Å². The second-order valence-corrected chi connectivity index (χ2v) is 8.35. The Labute approximate surface area is 152 Å². The monoisotopic (exact) mass is 359 g/mol. The number of carbonyl (C=O) groups is 1. The van der Waals surface area contributed by atoms with Crippen LogP contribution >= 0.6 is 11.3 Å². The Morgan fingerprint density at radius 1 is 1.28 bits per heavy atom. The molecule has 0 N–H and O–H groups in total. The average molecular weight is 359 g/mol. The van der Waals surface area contributed by atoms with Crippen molar-refractivity contribution >= 4 is 17.2 Å². The molecule has 0 unspecified atom stereocenters. The zero-order valence-electron chi connectivity index (χ0n) is 15.0. The van der Waals surface area contributed by atoms with Gasteiger partial charge in [0.2, 0.25) is 0 Å². The van der Waals surface area contributed by atoms with Gasteiger partial charge in [0.05, 0.1) is 11.3 Å². The molecule has 0 bridgehead atoms. The van der Waals surface area contributed by atoms with Crippen LogP contribution in [-0.2, 0) is 6.54 Å². The van der Waals surface area contributed by atoms with E-state index in [0.717, 1.165) is 62.6 Å². The number of likely N-dealkylation sites (tertiary alicyclic amines) is 2. The highest BCUT2D eigenvalue weighted by atomic mass is 32.1. The van der Waals surface area contributed by atoms with E-state index >= 15 is 0 Å². The Morgan fingerprint density at radius 2 is 2.04 bits per heavy atom. The zero-order valence-corrected chi connectivity index (χ0v) is 15.8. The molecule has 25 heavy (non-hydrogen) atoms. The topological polar surface area (TPSA) is 49.6 Å². The number of aromatic nitrogens is 1. The molecule has 2 aliphatic rings. The van der Waals surface area contributed by atoms with Crippen LogP contribution in [0, 0.1) is 19.3 Å². The second kappa shape index (κ2) is 6.57. The van der Waals surface area contributed by atoms with Crippen LogP contribution in [0.1, 0.15) is 46.6 Å². The number of hydrogen-bond donors (Lipinski definition) is 0. The predicted molar refractivity (Wildman–Crippen MR) is 97.8 cm³/mol. The third-order valence-corrected chi connectivity index (χ3v) is 6.64. The lowest BCUT2D eigenvalue weighted by Crippen LogP contribution is -2.44. The number of aryl methyl sites for hydroxylation is 2. The van der Waals surface area contributed by atoms with Crippen LogP contribution in [0.2, 0.25) is 0 Å². The van der Waals surface area contributed by atoms with E-state index in [1.54, 1.807) is 11.3 Å². The van der Waals surface area contributed by atoms with Crippen LogP contribution in [0.5, 0.6) is 0 Å². The van der Waals surface area contributed by atoms with E-state index in [-0.39, 0.29) is 5.91 Å². The molecule has 0 aromatic carbocycles. The standard InChI is InChI=1S/C19H25N3O2S/c1-14-17(15(2)24-20-14)11-21-7-4-19(13-21)5-8-22(9-6-19)18(23)16-3-10-25-12-16/h3,10,12H,4-9,11,13H2,1-2H3. The predicted octanol–water partition coefficient (Wildman–Crippen LogP) is 3.48. The molecule has 4 heterocycles. The summed E-state index contributed by atoms with van der Waals surface area (Å²) in [5.41, 5.74) is 3.47. The van der Waals surface area contributed by atoms with Crippen molar-refractivity contribution < 1.29 is 9.32 Å². The molecule has 5 nitrogen and oxygen atoms in total. The molecule has 4 rings (SSSR count). The van der Waals surface area contributed by atoms with E-state index in [1.165, 1.54) is 12.0 Å². The fraction of sp³-hybridized carbons (Fsp3) is 0.579. The van der Waals surface area contributed by atoms with Gasteiger partial charge in [-0.05, 0) is 56.5 Å². The SMILES string of the molecule is Cc1noc(C)c1CN1CCC2(CCN(C(=O)c3ccsc3)CC2)C1. The Balaban J connectivity index is 1.35. The van der Waals surface area contributed by atoms with Crippen LogP contribution in [0.4, 0.5) is 0 Å². The number of piperidine rings is 1. The molecular formula is C19H25N3O2S. The maximum atomic E-state index is 12.5.